The van der Waals surface area contributed by atoms with Gasteiger partial charge in [-0.1, -0.05) is 67.9 Å². The Kier molecular flexibility index (Phi) is 7.22. The van der Waals surface area contributed by atoms with E-state index in [4.69, 9.17) is 9.84 Å². The van der Waals surface area contributed by atoms with E-state index in [1.807, 2.05) is 66.7 Å². The quantitative estimate of drug-likeness (QED) is 0.403. The zero-order chi connectivity index (χ0) is 21.3. The van der Waals surface area contributed by atoms with Crippen molar-refractivity contribution in [2.75, 3.05) is 0 Å². The number of rotatable bonds is 6. The van der Waals surface area contributed by atoms with E-state index in [9.17, 15) is 9.59 Å². The number of benzene rings is 3. The molecule has 30 heavy (non-hydrogen) atoms. The van der Waals surface area contributed by atoms with Crippen LogP contribution in [0.1, 0.15) is 31.7 Å². The maximum atomic E-state index is 11.5. The van der Waals surface area contributed by atoms with Crippen LogP contribution in [0.15, 0.2) is 72.9 Å². The summed E-state index contributed by atoms with van der Waals surface area (Å²) in [7, 11) is 0. The number of nitrogens with one attached hydrogen (secondary N) is 1. The van der Waals surface area contributed by atoms with Crippen LogP contribution in [-0.2, 0) is 16.0 Å². The number of fused-ring (bicyclic) bond motifs is 2. The van der Waals surface area contributed by atoms with E-state index in [0.29, 0.717) is 12.2 Å². The predicted octanol–water partition coefficient (Wildman–Crippen LogP) is 5.73. The minimum absolute atomic E-state index is 0.0847. The van der Waals surface area contributed by atoms with Gasteiger partial charge in [-0.25, -0.2) is 0 Å². The SMILES string of the molecule is CCCCC(=O)Oc1c[nH]c2ccccc12.O=C(O)Cc1cccc2ccccc12. The van der Waals surface area contributed by atoms with Crippen LogP contribution in [0.4, 0.5) is 0 Å². The molecule has 3 aromatic carbocycles. The summed E-state index contributed by atoms with van der Waals surface area (Å²) < 4.78 is 5.30. The molecule has 0 spiro atoms. The summed E-state index contributed by atoms with van der Waals surface area (Å²) in [6.45, 7) is 2.05. The summed E-state index contributed by atoms with van der Waals surface area (Å²) in [4.78, 5) is 25.2. The van der Waals surface area contributed by atoms with E-state index in [1.54, 1.807) is 6.20 Å². The number of aromatic amines is 1. The van der Waals surface area contributed by atoms with Gasteiger partial charge in [0, 0.05) is 23.5 Å². The molecule has 2 N–H and O–H groups in total. The van der Waals surface area contributed by atoms with Gasteiger partial charge in [0.25, 0.3) is 0 Å². The van der Waals surface area contributed by atoms with Crippen molar-refractivity contribution in [3.63, 3.8) is 0 Å². The Morgan fingerprint density at radius 1 is 0.933 bits per heavy atom. The normalized spacial score (nSPS) is 10.4. The number of carbonyl (C=O) groups is 2. The number of unbranched alkanes of at least 4 members (excludes halogenated alkanes) is 1. The fraction of sp³-hybridized carbons (Fsp3) is 0.200. The number of carboxylic acids is 1. The molecule has 0 saturated heterocycles. The molecule has 154 valence electrons. The summed E-state index contributed by atoms with van der Waals surface area (Å²) in [6, 6.07) is 21.3. The van der Waals surface area contributed by atoms with Crippen LogP contribution < -0.4 is 4.74 Å². The smallest absolute Gasteiger partial charge is 0.311 e. The van der Waals surface area contributed by atoms with Crippen molar-refractivity contribution < 1.29 is 19.4 Å². The number of H-pyrrole nitrogens is 1. The maximum absolute atomic E-state index is 11.5. The summed E-state index contributed by atoms with van der Waals surface area (Å²) >= 11 is 0. The number of carboxylic acid groups (broad SMARTS) is 1. The first kappa shape index (κ1) is 21.1. The monoisotopic (exact) mass is 403 g/mol. The number of hydrogen-bond donors (Lipinski definition) is 2. The second-order valence-electron chi connectivity index (χ2n) is 6.98. The van der Waals surface area contributed by atoms with Crippen LogP contribution in [0.3, 0.4) is 0 Å². The lowest BCUT2D eigenvalue weighted by atomic mass is 10.0. The first-order valence-electron chi connectivity index (χ1n) is 10.0. The van der Waals surface area contributed by atoms with Gasteiger partial charge >= 0.3 is 11.9 Å². The Balaban J connectivity index is 0.000000172. The molecular formula is C25H25NO4. The molecule has 0 fully saturated rings. The third-order valence-electron chi connectivity index (χ3n) is 4.73. The van der Waals surface area contributed by atoms with Gasteiger partial charge in [-0.3, -0.25) is 9.59 Å². The van der Waals surface area contributed by atoms with Crippen LogP contribution >= 0.6 is 0 Å². The standard InChI is InChI=1S/C13H15NO2.C12H10O2/c1-2-3-8-13(15)16-12-9-14-11-7-5-4-6-10(11)12;13-12(14)8-10-6-3-5-9-4-1-2-7-11(9)10/h4-7,9,14H,2-3,8H2,1H3;1-7H,8H2,(H,13,14). The molecule has 5 nitrogen and oxygen atoms in total. The molecule has 0 saturated carbocycles. The number of aromatic nitrogens is 1. The second kappa shape index (κ2) is 10.3. The number of aliphatic carboxylic acids is 1. The molecule has 4 aromatic rings. The van der Waals surface area contributed by atoms with E-state index < -0.39 is 5.97 Å². The average Bonchev–Trinajstić information content (AvgIpc) is 3.15. The molecule has 4 rings (SSSR count). The van der Waals surface area contributed by atoms with Gasteiger partial charge in [0.2, 0.25) is 0 Å². The number of para-hydroxylation sites is 1. The van der Waals surface area contributed by atoms with Gasteiger partial charge in [0.05, 0.1) is 6.42 Å². The van der Waals surface area contributed by atoms with E-state index in [0.717, 1.165) is 40.1 Å². The number of carbonyl (C=O) groups excluding carboxylic acids is 1. The Morgan fingerprint density at radius 2 is 1.63 bits per heavy atom. The summed E-state index contributed by atoms with van der Waals surface area (Å²) in [5.74, 6) is -0.329. The Bertz CT molecular complexity index is 1140. The largest absolute Gasteiger partial charge is 0.481 e. The number of hydrogen-bond acceptors (Lipinski definition) is 3. The molecule has 5 heteroatoms. The molecule has 0 atom stereocenters. The lowest BCUT2D eigenvalue weighted by Crippen LogP contribution is -2.06. The lowest BCUT2D eigenvalue weighted by Gasteiger charge is -2.02. The predicted molar refractivity (Wildman–Crippen MR) is 119 cm³/mol. The summed E-state index contributed by atoms with van der Waals surface area (Å²) in [5.41, 5.74) is 1.86. The van der Waals surface area contributed by atoms with Gasteiger partial charge in [0.15, 0.2) is 5.75 Å². The third-order valence-corrected chi connectivity index (χ3v) is 4.73. The van der Waals surface area contributed by atoms with Crippen molar-refractivity contribution in [1.82, 2.24) is 4.98 Å². The van der Waals surface area contributed by atoms with Crippen molar-refractivity contribution in [3.05, 3.63) is 78.5 Å². The number of ether oxygens (including phenoxy) is 1. The average molecular weight is 403 g/mol. The van der Waals surface area contributed by atoms with E-state index >= 15 is 0 Å². The van der Waals surface area contributed by atoms with Crippen molar-refractivity contribution in [3.8, 4) is 5.75 Å². The molecule has 0 amide bonds. The third kappa shape index (κ3) is 5.47. The van der Waals surface area contributed by atoms with Crippen LogP contribution in [0, 0.1) is 0 Å². The van der Waals surface area contributed by atoms with Crippen molar-refractivity contribution in [2.45, 2.75) is 32.6 Å². The summed E-state index contributed by atoms with van der Waals surface area (Å²) in [6.07, 6.45) is 4.18. The molecule has 0 radical (unpaired) electrons. The molecular weight excluding hydrogens is 378 g/mol. The van der Waals surface area contributed by atoms with E-state index in [1.165, 1.54) is 0 Å². The Morgan fingerprint density at radius 3 is 2.40 bits per heavy atom. The van der Waals surface area contributed by atoms with Crippen LogP contribution in [0.2, 0.25) is 0 Å². The van der Waals surface area contributed by atoms with Gasteiger partial charge in [0.1, 0.15) is 0 Å². The van der Waals surface area contributed by atoms with Gasteiger partial charge < -0.3 is 14.8 Å². The topological polar surface area (TPSA) is 79.4 Å². The maximum Gasteiger partial charge on any atom is 0.311 e. The highest BCUT2D eigenvalue weighted by Gasteiger charge is 2.08. The zero-order valence-corrected chi connectivity index (χ0v) is 16.9. The van der Waals surface area contributed by atoms with Crippen LogP contribution in [0.25, 0.3) is 21.7 Å². The highest BCUT2D eigenvalue weighted by atomic mass is 16.5. The van der Waals surface area contributed by atoms with Gasteiger partial charge in [-0.05, 0) is 34.9 Å². The van der Waals surface area contributed by atoms with Gasteiger partial charge in [-0.15, -0.1) is 0 Å². The zero-order valence-electron chi connectivity index (χ0n) is 16.9. The molecule has 1 aromatic heterocycles. The Labute approximate surface area is 175 Å². The highest BCUT2D eigenvalue weighted by Crippen LogP contribution is 2.25. The molecule has 0 bridgehead atoms. The second-order valence-corrected chi connectivity index (χ2v) is 6.98. The first-order valence-corrected chi connectivity index (χ1v) is 10.0. The lowest BCUT2D eigenvalue weighted by molar-refractivity contribution is -0.136. The fourth-order valence-corrected chi connectivity index (χ4v) is 3.23. The molecule has 0 aliphatic rings. The fourth-order valence-electron chi connectivity index (χ4n) is 3.23. The Hall–Kier alpha value is -3.60. The molecule has 1 heterocycles. The number of esters is 1. The van der Waals surface area contributed by atoms with Crippen molar-refractivity contribution in [2.24, 2.45) is 0 Å². The van der Waals surface area contributed by atoms with Crippen molar-refractivity contribution in [1.29, 1.82) is 0 Å². The summed E-state index contributed by atoms with van der Waals surface area (Å²) in [5, 5.41) is 11.8. The molecule has 0 aliphatic carbocycles. The minimum Gasteiger partial charge on any atom is -0.481 e. The van der Waals surface area contributed by atoms with Crippen molar-refractivity contribution >= 4 is 33.6 Å². The molecule has 0 aliphatic heterocycles. The van der Waals surface area contributed by atoms with Crippen LogP contribution in [0.5, 0.6) is 5.75 Å². The van der Waals surface area contributed by atoms with Gasteiger partial charge in [-0.2, -0.15) is 0 Å². The van der Waals surface area contributed by atoms with E-state index in [2.05, 4.69) is 11.9 Å². The molecule has 0 unspecified atom stereocenters. The van der Waals surface area contributed by atoms with E-state index in [-0.39, 0.29) is 12.4 Å². The first-order chi connectivity index (χ1) is 14.6. The minimum atomic E-state index is -0.790. The van der Waals surface area contributed by atoms with Crippen LogP contribution in [-0.4, -0.2) is 22.0 Å². The highest BCUT2D eigenvalue weighted by molar-refractivity contribution is 5.89.